The third-order valence-corrected chi connectivity index (χ3v) is 3.31. The van der Waals surface area contributed by atoms with Crippen molar-refractivity contribution in [2.45, 2.75) is 25.7 Å². The lowest BCUT2D eigenvalue weighted by Crippen LogP contribution is -1.98. The average molecular weight is 250 g/mol. The molecule has 1 aromatic heterocycles. The SMILES string of the molecule is Brc1[c]cc2oc3c(c2c1)CCCC3. The number of furan rings is 1. The summed E-state index contributed by atoms with van der Waals surface area (Å²) >= 11 is 3.45. The van der Waals surface area contributed by atoms with Gasteiger partial charge in [0.25, 0.3) is 0 Å². The van der Waals surface area contributed by atoms with E-state index in [1.165, 1.54) is 36.0 Å². The van der Waals surface area contributed by atoms with Gasteiger partial charge < -0.3 is 4.42 Å². The van der Waals surface area contributed by atoms with E-state index in [0.717, 1.165) is 16.5 Å². The van der Waals surface area contributed by atoms with Crippen LogP contribution in [0.15, 0.2) is 21.0 Å². The Morgan fingerprint density at radius 3 is 3.07 bits per heavy atom. The second-order valence-electron chi connectivity index (χ2n) is 3.77. The molecule has 0 saturated carbocycles. The Bertz CT molecular complexity index is 484. The molecular formula is C12H10BrO. The van der Waals surface area contributed by atoms with Gasteiger partial charge in [-0.25, -0.2) is 0 Å². The fourth-order valence-electron chi connectivity index (χ4n) is 2.18. The van der Waals surface area contributed by atoms with E-state index in [0.29, 0.717) is 0 Å². The maximum Gasteiger partial charge on any atom is 0.135 e. The van der Waals surface area contributed by atoms with Crippen molar-refractivity contribution in [1.29, 1.82) is 0 Å². The summed E-state index contributed by atoms with van der Waals surface area (Å²) in [7, 11) is 0. The standard InChI is InChI=1S/C12H10BrO/c13-8-5-6-12-10(7-8)9-3-1-2-4-11(9)14-12/h6-7H,1-4H2. The molecule has 14 heavy (non-hydrogen) atoms. The van der Waals surface area contributed by atoms with Crippen LogP contribution >= 0.6 is 15.9 Å². The average Bonchev–Trinajstić information content (AvgIpc) is 2.56. The summed E-state index contributed by atoms with van der Waals surface area (Å²) in [4.78, 5) is 0. The van der Waals surface area contributed by atoms with Crippen molar-refractivity contribution in [1.82, 2.24) is 0 Å². The van der Waals surface area contributed by atoms with Crippen molar-refractivity contribution in [3.63, 3.8) is 0 Å². The third kappa shape index (κ3) is 1.21. The molecule has 0 saturated heterocycles. The zero-order chi connectivity index (χ0) is 9.54. The molecule has 2 heteroatoms. The van der Waals surface area contributed by atoms with E-state index in [9.17, 15) is 0 Å². The summed E-state index contributed by atoms with van der Waals surface area (Å²) in [6.45, 7) is 0. The molecule has 1 aliphatic carbocycles. The van der Waals surface area contributed by atoms with E-state index in [1.54, 1.807) is 0 Å². The number of hydrogen-bond acceptors (Lipinski definition) is 1. The molecule has 0 spiro atoms. The quantitative estimate of drug-likeness (QED) is 0.691. The van der Waals surface area contributed by atoms with Gasteiger partial charge >= 0.3 is 0 Å². The number of rotatable bonds is 0. The molecule has 1 nitrogen and oxygen atoms in total. The Morgan fingerprint density at radius 2 is 2.14 bits per heavy atom. The lowest BCUT2D eigenvalue weighted by Gasteiger charge is -2.08. The minimum Gasteiger partial charge on any atom is -0.461 e. The van der Waals surface area contributed by atoms with Gasteiger partial charge in [0.1, 0.15) is 11.3 Å². The zero-order valence-electron chi connectivity index (χ0n) is 7.77. The van der Waals surface area contributed by atoms with Crippen LogP contribution in [0.1, 0.15) is 24.2 Å². The summed E-state index contributed by atoms with van der Waals surface area (Å²) in [5.74, 6) is 1.19. The fourth-order valence-corrected chi connectivity index (χ4v) is 2.52. The first-order valence-corrected chi connectivity index (χ1v) is 5.75. The van der Waals surface area contributed by atoms with Crippen molar-refractivity contribution in [3.05, 3.63) is 34.0 Å². The lowest BCUT2D eigenvalue weighted by molar-refractivity contribution is 0.506. The highest BCUT2D eigenvalue weighted by Crippen LogP contribution is 2.33. The smallest absolute Gasteiger partial charge is 0.135 e. The maximum atomic E-state index is 5.79. The van der Waals surface area contributed by atoms with E-state index in [-0.39, 0.29) is 0 Å². The number of benzene rings is 1. The van der Waals surface area contributed by atoms with Crippen molar-refractivity contribution >= 4 is 26.9 Å². The van der Waals surface area contributed by atoms with Crippen molar-refractivity contribution < 1.29 is 4.42 Å². The summed E-state index contributed by atoms with van der Waals surface area (Å²) < 4.78 is 6.81. The maximum absolute atomic E-state index is 5.79. The van der Waals surface area contributed by atoms with Crippen molar-refractivity contribution in [2.24, 2.45) is 0 Å². The lowest BCUT2D eigenvalue weighted by atomic mass is 9.96. The Labute approximate surface area is 91.2 Å². The molecule has 1 aliphatic rings. The molecule has 0 N–H and O–H groups in total. The Morgan fingerprint density at radius 1 is 1.29 bits per heavy atom. The van der Waals surface area contributed by atoms with E-state index >= 15 is 0 Å². The van der Waals surface area contributed by atoms with E-state index in [2.05, 4.69) is 28.1 Å². The molecule has 0 amide bonds. The number of halogens is 1. The Balaban J connectivity index is 2.32. The molecule has 1 heterocycles. The molecule has 0 atom stereocenters. The van der Waals surface area contributed by atoms with E-state index in [1.807, 2.05) is 6.07 Å². The molecule has 0 aliphatic heterocycles. The first-order valence-electron chi connectivity index (χ1n) is 4.96. The summed E-state index contributed by atoms with van der Waals surface area (Å²) in [5.41, 5.74) is 2.40. The van der Waals surface area contributed by atoms with Crippen LogP contribution in [0.25, 0.3) is 11.0 Å². The normalized spacial score (nSPS) is 15.8. The van der Waals surface area contributed by atoms with Gasteiger partial charge in [0.15, 0.2) is 0 Å². The first-order chi connectivity index (χ1) is 6.84. The first kappa shape index (κ1) is 8.54. The van der Waals surface area contributed by atoms with Crippen molar-refractivity contribution in [2.75, 3.05) is 0 Å². The van der Waals surface area contributed by atoms with Crippen LogP contribution < -0.4 is 0 Å². The fraction of sp³-hybridized carbons (Fsp3) is 0.333. The van der Waals surface area contributed by atoms with Gasteiger partial charge in [0.2, 0.25) is 0 Å². The third-order valence-electron chi connectivity index (χ3n) is 2.85. The van der Waals surface area contributed by atoms with Gasteiger partial charge in [0, 0.05) is 27.9 Å². The second-order valence-corrected chi connectivity index (χ2v) is 4.62. The highest BCUT2D eigenvalue weighted by Gasteiger charge is 2.17. The number of aryl methyl sites for hydroxylation is 2. The number of hydrogen-bond donors (Lipinski definition) is 0. The summed E-state index contributed by atoms with van der Waals surface area (Å²) in [5, 5.41) is 1.27. The molecule has 3 rings (SSSR count). The van der Waals surface area contributed by atoms with Gasteiger partial charge in [-0.3, -0.25) is 0 Å². The molecule has 1 radical (unpaired) electrons. The minimum absolute atomic E-state index is 0.986. The minimum atomic E-state index is 0.986. The molecule has 0 bridgehead atoms. The highest BCUT2D eigenvalue weighted by atomic mass is 79.9. The van der Waals surface area contributed by atoms with Crippen LogP contribution in [-0.4, -0.2) is 0 Å². The second kappa shape index (κ2) is 3.13. The van der Waals surface area contributed by atoms with Crippen LogP contribution in [0.5, 0.6) is 0 Å². The van der Waals surface area contributed by atoms with Crippen LogP contribution in [0.2, 0.25) is 0 Å². The zero-order valence-corrected chi connectivity index (χ0v) is 9.36. The predicted octanol–water partition coefficient (Wildman–Crippen LogP) is 3.87. The van der Waals surface area contributed by atoms with Crippen LogP contribution in [0.3, 0.4) is 0 Å². The summed E-state index contributed by atoms with van der Waals surface area (Å²) in [6.07, 6.45) is 4.82. The largest absolute Gasteiger partial charge is 0.461 e. The van der Waals surface area contributed by atoms with Crippen LogP contribution in [0, 0.1) is 6.07 Å². The molecular weight excluding hydrogens is 240 g/mol. The predicted molar refractivity (Wildman–Crippen MR) is 59.4 cm³/mol. The van der Waals surface area contributed by atoms with Crippen LogP contribution in [0.4, 0.5) is 0 Å². The molecule has 71 valence electrons. The Hall–Kier alpha value is -0.760. The molecule has 2 aromatic rings. The molecule has 0 fully saturated rings. The van der Waals surface area contributed by atoms with E-state index < -0.39 is 0 Å². The van der Waals surface area contributed by atoms with Gasteiger partial charge in [-0.05, 0) is 31.4 Å². The Kier molecular flexibility index (Phi) is 1.91. The van der Waals surface area contributed by atoms with E-state index in [4.69, 9.17) is 4.42 Å². The highest BCUT2D eigenvalue weighted by molar-refractivity contribution is 9.10. The number of fused-ring (bicyclic) bond motifs is 3. The molecule has 0 unspecified atom stereocenters. The van der Waals surface area contributed by atoms with Gasteiger partial charge in [-0.1, -0.05) is 15.9 Å². The monoisotopic (exact) mass is 249 g/mol. The van der Waals surface area contributed by atoms with Gasteiger partial charge in [-0.15, -0.1) is 0 Å². The summed E-state index contributed by atoms with van der Waals surface area (Å²) in [6, 6.07) is 7.15. The van der Waals surface area contributed by atoms with Crippen molar-refractivity contribution in [3.8, 4) is 0 Å². The van der Waals surface area contributed by atoms with Crippen LogP contribution in [-0.2, 0) is 12.8 Å². The topological polar surface area (TPSA) is 13.1 Å². The van der Waals surface area contributed by atoms with Gasteiger partial charge in [-0.2, -0.15) is 0 Å². The molecule has 1 aromatic carbocycles. The van der Waals surface area contributed by atoms with Gasteiger partial charge in [0.05, 0.1) is 0 Å².